The molecule has 6 heteroatoms. The van der Waals surface area contributed by atoms with Crippen molar-refractivity contribution in [1.29, 1.82) is 0 Å². The Hall–Kier alpha value is -2.37. The van der Waals surface area contributed by atoms with Crippen molar-refractivity contribution in [1.82, 2.24) is 0 Å². The maximum Gasteiger partial charge on any atom is 0.304 e. The van der Waals surface area contributed by atoms with Gasteiger partial charge in [-0.15, -0.1) is 0 Å². The third kappa shape index (κ3) is 4.13. The molecule has 4 N–H and O–H groups in total. The molecule has 1 unspecified atom stereocenters. The van der Waals surface area contributed by atoms with Gasteiger partial charge in [0.1, 0.15) is 0 Å². The molecular formula is C18H24N2O4. The quantitative estimate of drug-likeness (QED) is 0.744. The lowest BCUT2D eigenvalue weighted by molar-refractivity contribution is -0.145. The lowest BCUT2D eigenvalue weighted by atomic mass is 9.67. The molecule has 1 aliphatic carbocycles. The van der Waals surface area contributed by atoms with Gasteiger partial charge < -0.3 is 16.2 Å². The average molecular weight is 332 g/mol. The van der Waals surface area contributed by atoms with Crippen molar-refractivity contribution in [2.45, 2.75) is 45.4 Å². The molecule has 0 spiro atoms. The Morgan fingerprint density at radius 3 is 2.50 bits per heavy atom. The Morgan fingerprint density at radius 2 is 1.92 bits per heavy atom. The van der Waals surface area contributed by atoms with Crippen LogP contribution in [-0.2, 0) is 9.59 Å². The second-order valence-corrected chi connectivity index (χ2v) is 6.72. The van der Waals surface area contributed by atoms with E-state index in [-0.39, 0.29) is 18.2 Å². The number of rotatable bonds is 6. The summed E-state index contributed by atoms with van der Waals surface area (Å²) in [6.45, 7) is 1.73. The van der Waals surface area contributed by atoms with E-state index in [1.807, 2.05) is 0 Å². The van der Waals surface area contributed by atoms with Crippen LogP contribution in [0.3, 0.4) is 0 Å². The fraction of sp³-hybridized carbons (Fsp3) is 0.500. The van der Waals surface area contributed by atoms with Gasteiger partial charge in [-0.05, 0) is 43.9 Å². The predicted octanol–water partition coefficient (Wildman–Crippen LogP) is 2.79. The van der Waals surface area contributed by atoms with Crippen LogP contribution in [0.2, 0.25) is 0 Å². The molecule has 0 aliphatic heterocycles. The molecule has 2 amide bonds. The minimum absolute atomic E-state index is 0.0432. The highest BCUT2D eigenvalue weighted by Crippen LogP contribution is 2.42. The number of carbonyl (C=O) groups excluding carboxylic acids is 2. The van der Waals surface area contributed by atoms with Gasteiger partial charge in [-0.25, -0.2) is 0 Å². The molecule has 1 aromatic carbocycles. The SMILES string of the molecule is CC(CC(=O)O)(C(=O)Nc1cccc(C(N)=O)c1)C1CCCCC1. The number of amides is 2. The number of aliphatic carboxylic acids is 1. The number of nitrogens with one attached hydrogen (secondary N) is 1. The zero-order valence-electron chi connectivity index (χ0n) is 13.9. The van der Waals surface area contributed by atoms with Crippen LogP contribution < -0.4 is 11.1 Å². The number of carbonyl (C=O) groups is 3. The number of hydrogen-bond acceptors (Lipinski definition) is 3. The molecule has 130 valence electrons. The fourth-order valence-corrected chi connectivity index (χ4v) is 3.49. The van der Waals surface area contributed by atoms with Crippen LogP contribution in [0.5, 0.6) is 0 Å². The van der Waals surface area contributed by atoms with Crippen molar-refractivity contribution in [2.75, 3.05) is 5.32 Å². The summed E-state index contributed by atoms with van der Waals surface area (Å²) in [6.07, 6.45) is 4.67. The maximum absolute atomic E-state index is 12.9. The van der Waals surface area contributed by atoms with Crippen LogP contribution in [0.25, 0.3) is 0 Å². The summed E-state index contributed by atoms with van der Waals surface area (Å²) in [5, 5.41) is 12.0. The number of nitrogens with two attached hydrogens (primary N) is 1. The van der Waals surface area contributed by atoms with Gasteiger partial charge in [-0.3, -0.25) is 14.4 Å². The van der Waals surface area contributed by atoms with Gasteiger partial charge in [0.2, 0.25) is 11.8 Å². The number of anilines is 1. The first-order valence-electron chi connectivity index (χ1n) is 8.26. The zero-order chi connectivity index (χ0) is 17.7. The highest BCUT2D eigenvalue weighted by atomic mass is 16.4. The molecule has 0 bridgehead atoms. The summed E-state index contributed by atoms with van der Waals surface area (Å²) < 4.78 is 0. The molecule has 0 heterocycles. The van der Waals surface area contributed by atoms with Gasteiger partial charge in [-0.2, -0.15) is 0 Å². The maximum atomic E-state index is 12.9. The van der Waals surface area contributed by atoms with Crippen molar-refractivity contribution in [3.05, 3.63) is 29.8 Å². The van der Waals surface area contributed by atoms with Crippen LogP contribution >= 0.6 is 0 Å². The first kappa shape index (κ1) is 18.0. The van der Waals surface area contributed by atoms with E-state index in [0.717, 1.165) is 32.1 Å². The Bertz CT molecular complexity index is 638. The fourth-order valence-electron chi connectivity index (χ4n) is 3.49. The van der Waals surface area contributed by atoms with E-state index in [0.29, 0.717) is 11.3 Å². The highest BCUT2D eigenvalue weighted by molar-refractivity contribution is 5.99. The number of benzene rings is 1. The van der Waals surface area contributed by atoms with Crippen molar-refractivity contribution in [2.24, 2.45) is 17.1 Å². The molecule has 1 saturated carbocycles. The number of carboxylic acid groups (broad SMARTS) is 1. The molecular weight excluding hydrogens is 308 g/mol. The highest BCUT2D eigenvalue weighted by Gasteiger charge is 2.43. The van der Waals surface area contributed by atoms with E-state index in [4.69, 9.17) is 5.73 Å². The largest absolute Gasteiger partial charge is 0.481 e. The molecule has 1 atom stereocenters. The number of primary amides is 1. The molecule has 0 radical (unpaired) electrons. The minimum atomic E-state index is -0.982. The topological polar surface area (TPSA) is 109 Å². The van der Waals surface area contributed by atoms with E-state index >= 15 is 0 Å². The average Bonchev–Trinajstić information content (AvgIpc) is 2.55. The standard InChI is InChI=1S/C18H24N2O4/c1-18(11-15(21)22,13-7-3-2-4-8-13)17(24)20-14-9-5-6-12(10-14)16(19)23/h5-6,9-10,13H,2-4,7-8,11H2,1H3,(H2,19,23)(H,20,24)(H,21,22). The second kappa shape index (κ2) is 7.47. The second-order valence-electron chi connectivity index (χ2n) is 6.72. The molecule has 1 aromatic rings. The lowest BCUT2D eigenvalue weighted by Crippen LogP contribution is -2.42. The summed E-state index contributed by atoms with van der Waals surface area (Å²) in [7, 11) is 0. The van der Waals surface area contributed by atoms with E-state index in [9.17, 15) is 19.5 Å². The Morgan fingerprint density at radius 1 is 1.25 bits per heavy atom. The van der Waals surface area contributed by atoms with Crippen LogP contribution in [0.4, 0.5) is 5.69 Å². The summed E-state index contributed by atoms with van der Waals surface area (Å²) in [5.74, 6) is -1.84. The van der Waals surface area contributed by atoms with Gasteiger partial charge in [-0.1, -0.05) is 25.3 Å². The normalized spacial score (nSPS) is 17.7. The first-order valence-corrected chi connectivity index (χ1v) is 8.26. The summed E-state index contributed by atoms with van der Waals surface area (Å²) in [4.78, 5) is 35.4. The molecule has 24 heavy (non-hydrogen) atoms. The van der Waals surface area contributed by atoms with E-state index < -0.39 is 17.3 Å². The van der Waals surface area contributed by atoms with Crippen molar-refractivity contribution in [3.8, 4) is 0 Å². The van der Waals surface area contributed by atoms with Crippen LogP contribution in [0, 0.1) is 11.3 Å². The summed E-state index contributed by atoms with van der Waals surface area (Å²) >= 11 is 0. The van der Waals surface area contributed by atoms with Crippen LogP contribution in [0.1, 0.15) is 55.8 Å². The lowest BCUT2D eigenvalue weighted by Gasteiger charge is -2.37. The van der Waals surface area contributed by atoms with E-state index in [2.05, 4.69) is 5.32 Å². The van der Waals surface area contributed by atoms with Crippen molar-refractivity contribution >= 4 is 23.5 Å². The molecule has 1 fully saturated rings. The Balaban J connectivity index is 2.22. The molecule has 1 aliphatic rings. The van der Waals surface area contributed by atoms with Crippen molar-refractivity contribution in [3.63, 3.8) is 0 Å². The number of carboxylic acids is 1. The van der Waals surface area contributed by atoms with Gasteiger partial charge in [0.05, 0.1) is 11.8 Å². The van der Waals surface area contributed by atoms with Gasteiger partial charge in [0.25, 0.3) is 0 Å². The summed E-state index contributed by atoms with van der Waals surface area (Å²) in [6, 6.07) is 6.36. The first-order chi connectivity index (χ1) is 11.3. The van der Waals surface area contributed by atoms with Gasteiger partial charge in [0, 0.05) is 11.3 Å². The Labute approximate surface area is 141 Å². The Kier molecular flexibility index (Phi) is 5.59. The van der Waals surface area contributed by atoms with E-state index in [1.54, 1.807) is 25.1 Å². The van der Waals surface area contributed by atoms with Gasteiger partial charge in [0.15, 0.2) is 0 Å². The molecule has 6 nitrogen and oxygen atoms in total. The monoisotopic (exact) mass is 332 g/mol. The van der Waals surface area contributed by atoms with Crippen LogP contribution in [0.15, 0.2) is 24.3 Å². The molecule has 0 aromatic heterocycles. The molecule has 0 saturated heterocycles. The number of hydrogen-bond donors (Lipinski definition) is 3. The van der Waals surface area contributed by atoms with Crippen molar-refractivity contribution < 1.29 is 19.5 Å². The van der Waals surface area contributed by atoms with E-state index in [1.165, 1.54) is 6.07 Å². The minimum Gasteiger partial charge on any atom is -0.481 e. The zero-order valence-corrected chi connectivity index (χ0v) is 13.9. The molecule has 2 rings (SSSR count). The summed E-state index contributed by atoms with van der Waals surface area (Å²) in [5.41, 5.74) is 5.02. The smallest absolute Gasteiger partial charge is 0.304 e. The van der Waals surface area contributed by atoms with Crippen LogP contribution in [-0.4, -0.2) is 22.9 Å². The third-order valence-corrected chi connectivity index (χ3v) is 4.95. The third-order valence-electron chi connectivity index (χ3n) is 4.95. The van der Waals surface area contributed by atoms with Gasteiger partial charge >= 0.3 is 5.97 Å². The predicted molar refractivity (Wildman–Crippen MR) is 90.5 cm³/mol.